The molecule has 0 saturated heterocycles. The monoisotopic (exact) mass is 374 g/mol. The zero-order valence-electron chi connectivity index (χ0n) is 19.0. The molecule has 1 heteroatoms. The van der Waals surface area contributed by atoms with Crippen LogP contribution in [0.25, 0.3) is 0 Å². The van der Waals surface area contributed by atoms with E-state index in [0.29, 0.717) is 16.6 Å². The Morgan fingerprint density at radius 3 is 2.26 bits per heavy atom. The van der Waals surface area contributed by atoms with Gasteiger partial charge in [-0.1, -0.05) is 47.5 Å². The highest BCUT2D eigenvalue weighted by Gasteiger charge is 2.62. The summed E-state index contributed by atoms with van der Waals surface area (Å²) in [6.45, 7) is 10.7. The fourth-order valence-electron chi connectivity index (χ4n) is 8.80. The summed E-state index contributed by atoms with van der Waals surface area (Å²) in [7, 11) is 0. The minimum absolute atomic E-state index is 0.467. The molecule has 0 aliphatic heterocycles. The first kappa shape index (κ1) is 21.4. The van der Waals surface area contributed by atoms with Crippen molar-refractivity contribution in [1.29, 1.82) is 0 Å². The van der Waals surface area contributed by atoms with Crippen molar-refractivity contribution in [1.82, 2.24) is 0 Å². The largest absolute Gasteiger partial charge is 0.300 e. The third kappa shape index (κ3) is 3.33. The fraction of sp³-hybridized carbons (Fsp3) is 0.962. The molecule has 7 atom stereocenters. The minimum Gasteiger partial charge on any atom is -0.300 e. The van der Waals surface area contributed by atoms with E-state index in [1.54, 1.807) is 0 Å². The molecule has 27 heavy (non-hydrogen) atoms. The molecule has 7 unspecified atom stereocenters. The van der Waals surface area contributed by atoms with Gasteiger partial charge in [-0.3, -0.25) is 4.79 Å². The summed E-state index contributed by atoms with van der Waals surface area (Å²) in [6.07, 6.45) is 17.8. The zero-order chi connectivity index (χ0) is 19.7. The Morgan fingerprint density at radius 2 is 1.48 bits per heavy atom. The van der Waals surface area contributed by atoms with E-state index in [2.05, 4.69) is 6.92 Å². The molecule has 156 valence electrons. The molecule has 0 N–H and O–H groups in total. The van der Waals surface area contributed by atoms with Crippen molar-refractivity contribution in [3.05, 3.63) is 0 Å². The Balaban J connectivity index is 0.000000495. The van der Waals surface area contributed by atoms with Crippen LogP contribution in [-0.2, 0) is 4.79 Å². The fourth-order valence-corrected chi connectivity index (χ4v) is 8.80. The lowest BCUT2D eigenvalue weighted by atomic mass is 9.43. The Morgan fingerprint density at radius 1 is 0.741 bits per heavy atom. The molecule has 1 nitrogen and oxygen atoms in total. The first-order valence-corrected chi connectivity index (χ1v) is 12.7. The SMILES string of the molecule is CC.CC.CC12CCCCC1CCC1C2CCC23CC(=O)CCC2CCC13. The summed E-state index contributed by atoms with van der Waals surface area (Å²) in [5, 5.41) is 0. The molecule has 0 aromatic rings. The number of ketones is 1. The van der Waals surface area contributed by atoms with Gasteiger partial charge in [0.05, 0.1) is 0 Å². The number of fused-ring (bicyclic) bond motifs is 4. The average Bonchev–Trinajstić information content (AvgIpc) is 3.09. The van der Waals surface area contributed by atoms with Gasteiger partial charge in [-0.05, 0) is 98.2 Å². The first-order valence-electron chi connectivity index (χ1n) is 12.7. The second-order valence-corrected chi connectivity index (χ2v) is 10.2. The highest BCUT2D eigenvalue weighted by Crippen LogP contribution is 2.69. The lowest BCUT2D eigenvalue weighted by Gasteiger charge is -2.61. The smallest absolute Gasteiger partial charge is 0.133 e. The lowest BCUT2D eigenvalue weighted by molar-refractivity contribution is -0.142. The number of carbonyl (C=O) groups excluding carboxylic acids is 1. The molecule has 0 bridgehead atoms. The third-order valence-corrected chi connectivity index (χ3v) is 9.78. The van der Waals surface area contributed by atoms with Crippen molar-refractivity contribution in [3.8, 4) is 0 Å². The van der Waals surface area contributed by atoms with Gasteiger partial charge >= 0.3 is 0 Å². The second kappa shape index (κ2) is 8.58. The Bertz CT molecular complexity index is 510. The molecule has 5 aliphatic rings. The predicted molar refractivity (Wildman–Crippen MR) is 116 cm³/mol. The van der Waals surface area contributed by atoms with E-state index < -0.39 is 0 Å². The van der Waals surface area contributed by atoms with Crippen LogP contribution in [0.4, 0.5) is 0 Å². The van der Waals surface area contributed by atoms with Crippen molar-refractivity contribution < 1.29 is 4.79 Å². The molecule has 5 saturated carbocycles. The predicted octanol–water partition coefficient (Wildman–Crippen LogP) is 7.82. The third-order valence-electron chi connectivity index (χ3n) is 9.78. The first-order chi connectivity index (χ1) is 13.1. The standard InChI is InChI=1S/C22H34O.2C2H6/c1-21-12-3-2-4-15(21)6-9-18-19(21)11-13-22-14-17(23)8-5-16(22)7-10-20(18)22;2*1-2/h15-16,18-20H,2-14H2,1H3;2*1-2H3. The molecular weight excluding hydrogens is 328 g/mol. The van der Waals surface area contributed by atoms with E-state index in [-0.39, 0.29) is 0 Å². The number of hydrogen-bond acceptors (Lipinski definition) is 1. The minimum atomic E-state index is 0.467. The van der Waals surface area contributed by atoms with Crippen LogP contribution in [0.3, 0.4) is 0 Å². The molecule has 0 aromatic heterocycles. The van der Waals surface area contributed by atoms with Crippen molar-refractivity contribution in [3.63, 3.8) is 0 Å². The zero-order valence-corrected chi connectivity index (χ0v) is 19.0. The number of carbonyl (C=O) groups is 1. The molecule has 0 amide bonds. The molecule has 1 spiro atoms. The summed E-state index contributed by atoms with van der Waals surface area (Å²) >= 11 is 0. The van der Waals surface area contributed by atoms with Crippen molar-refractivity contribution in [2.24, 2.45) is 40.4 Å². The van der Waals surface area contributed by atoms with E-state index in [0.717, 1.165) is 42.4 Å². The van der Waals surface area contributed by atoms with Gasteiger partial charge in [0.25, 0.3) is 0 Å². The number of rotatable bonds is 0. The summed E-state index contributed by atoms with van der Waals surface area (Å²) < 4.78 is 0. The van der Waals surface area contributed by atoms with Crippen LogP contribution in [0.1, 0.15) is 118 Å². The van der Waals surface area contributed by atoms with Gasteiger partial charge in [-0.15, -0.1) is 0 Å². The molecule has 0 aromatic carbocycles. The Hall–Kier alpha value is -0.330. The van der Waals surface area contributed by atoms with Crippen LogP contribution in [-0.4, -0.2) is 5.78 Å². The molecular formula is C26H46O. The average molecular weight is 375 g/mol. The normalized spacial score (nSPS) is 47.7. The molecule has 5 rings (SSSR count). The Kier molecular flexibility index (Phi) is 6.79. The van der Waals surface area contributed by atoms with Gasteiger partial charge in [0, 0.05) is 12.8 Å². The van der Waals surface area contributed by atoms with Gasteiger partial charge in [-0.25, -0.2) is 0 Å². The maximum absolute atomic E-state index is 12.3. The Labute approximate surface area is 169 Å². The van der Waals surface area contributed by atoms with Gasteiger partial charge in [0.2, 0.25) is 0 Å². The van der Waals surface area contributed by atoms with Crippen LogP contribution in [0.5, 0.6) is 0 Å². The quantitative estimate of drug-likeness (QED) is 0.422. The number of Topliss-reactive ketones (excluding diaryl/α,β-unsaturated/α-hetero) is 1. The number of hydrogen-bond donors (Lipinski definition) is 0. The molecule has 0 radical (unpaired) electrons. The van der Waals surface area contributed by atoms with E-state index in [9.17, 15) is 4.79 Å². The summed E-state index contributed by atoms with van der Waals surface area (Å²) in [5.74, 6) is 5.41. The molecule has 5 aliphatic carbocycles. The molecule has 0 heterocycles. The highest BCUT2D eigenvalue weighted by molar-refractivity contribution is 5.80. The van der Waals surface area contributed by atoms with Crippen LogP contribution >= 0.6 is 0 Å². The maximum Gasteiger partial charge on any atom is 0.133 e. The van der Waals surface area contributed by atoms with E-state index >= 15 is 0 Å². The van der Waals surface area contributed by atoms with Gasteiger partial charge in [-0.2, -0.15) is 0 Å². The van der Waals surface area contributed by atoms with E-state index in [1.807, 2.05) is 27.7 Å². The van der Waals surface area contributed by atoms with Crippen LogP contribution < -0.4 is 0 Å². The molecule has 5 fully saturated rings. The van der Waals surface area contributed by atoms with Crippen LogP contribution in [0.2, 0.25) is 0 Å². The van der Waals surface area contributed by atoms with Crippen molar-refractivity contribution >= 4 is 5.78 Å². The summed E-state index contributed by atoms with van der Waals surface area (Å²) in [5.41, 5.74) is 1.12. The highest BCUT2D eigenvalue weighted by atomic mass is 16.1. The maximum atomic E-state index is 12.3. The van der Waals surface area contributed by atoms with E-state index in [1.165, 1.54) is 70.6 Å². The second-order valence-electron chi connectivity index (χ2n) is 10.2. The van der Waals surface area contributed by atoms with Crippen LogP contribution in [0, 0.1) is 40.4 Å². The van der Waals surface area contributed by atoms with Gasteiger partial charge in [0.1, 0.15) is 5.78 Å². The van der Waals surface area contributed by atoms with Gasteiger partial charge in [0.15, 0.2) is 0 Å². The summed E-state index contributed by atoms with van der Waals surface area (Å²) in [6, 6.07) is 0. The topological polar surface area (TPSA) is 17.1 Å². The van der Waals surface area contributed by atoms with Crippen molar-refractivity contribution in [2.45, 2.75) is 118 Å². The van der Waals surface area contributed by atoms with Crippen molar-refractivity contribution in [2.75, 3.05) is 0 Å². The van der Waals surface area contributed by atoms with E-state index in [4.69, 9.17) is 0 Å². The van der Waals surface area contributed by atoms with Crippen LogP contribution in [0.15, 0.2) is 0 Å². The summed E-state index contributed by atoms with van der Waals surface area (Å²) in [4.78, 5) is 12.3. The van der Waals surface area contributed by atoms with Gasteiger partial charge < -0.3 is 0 Å². The lowest BCUT2D eigenvalue weighted by Crippen LogP contribution is -2.54.